The van der Waals surface area contributed by atoms with Crippen LogP contribution in [-0.2, 0) is 4.79 Å². The van der Waals surface area contributed by atoms with Crippen LogP contribution in [0, 0.1) is 11.7 Å². The van der Waals surface area contributed by atoms with Gasteiger partial charge in [-0.1, -0.05) is 0 Å². The van der Waals surface area contributed by atoms with Crippen LogP contribution >= 0.6 is 0 Å². The largest absolute Gasteiger partial charge is 0.478 e. The molecule has 18 heavy (non-hydrogen) atoms. The Kier molecular flexibility index (Phi) is 3.57. The summed E-state index contributed by atoms with van der Waals surface area (Å²) in [5.41, 5.74) is -0.150. The summed E-state index contributed by atoms with van der Waals surface area (Å²) in [6.45, 7) is 1.40. The van der Waals surface area contributed by atoms with Crippen molar-refractivity contribution in [2.24, 2.45) is 5.92 Å². The summed E-state index contributed by atoms with van der Waals surface area (Å²) in [5.74, 6) is -2.47. The van der Waals surface area contributed by atoms with Gasteiger partial charge in [-0.2, -0.15) is 0 Å². The second-order valence-corrected chi connectivity index (χ2v) is 4.18. The predicted octanol–water partition coefficient (Wildman–Crippen LogP) is 1.07. The fourth-order valence-corrected chi connectivity index (χ4v) is 1.89. The summed E-state index contributed by atoms with van der Waals surface area (Å²) in [7, 11) is 0. The van der Waals surface area contributed by atoms with Gasteiger partial charge in [0.1, 0.15) is 5.82 Å². The lowest BCUT2D eigenvalue weighted by Crippen LogP contribution is -2.24. The number of rotatable bonds is 3. The second kappa shape index (κ2) is 5.14. The molecule has 1 heterocycles. The van der Waals surface area contributed by atoms with Gasteiger partial charge in [0.15, 0.2) is 0 Å². The molecule has 0 aromatic heterocycles. The van der Waals surface area contributed by atoms with Gasteiger partial charge in [0.05, 0.1) is 11.5 Å². The first kappa shape index (κ1) is 12.5. The predicted molar refractivity (Wildman–Crippen MR) is 63.0 cm³/mol. The van der Waals surface area contributed by atoms with Crippen molar-refractivity contribution < 1.29 is 19.1 Å². The van der Waals surface area contributed by atoms with E-state index in [0.717, 1.165) is 25.1 Å². The van der Waals surface area contributed by atoms with Crippen molar-refractivity contribution in [2.75, 3.05) is 18.4 Å². The van der Waals surface area contributed by atoms with Crippen molar-refractivity contribution in [3.05, 3.63) is 29.6 Å². The SMILES string of the molecule is O=C(O)c1cc(NC(=O)C2CCNC2)ccc1F. The Morgan fingerprint density at radius 2 is 2.22 bits per heavy atom. The molecule has 1 saturated heterocycles. The van der Waals surface area contributed by atoms with Crippen molar-refractivity contribution in [1.82, 2.24) is 5.32 Å². The topological polar surface area (TPSA) is 78.4 Å². The van der Waals surface area contributed by atoms with Crippen molar-refractivity contribution in [2.45, 2.75) is 6.42 Å². The Bertz CT molecular complexity index is 484. The molecule has 96 valence electrons. The molecule has 0 bridgehead atoms. The maximum Gasteiger partial charge on any atom is 0.338 e. The van der Waals surface area contributed by atoms with E-state index in [1.54, 1.807) is 0 Å². The van der Waals surface area contributed by atoms with Gasteiger partial charge >= 0.3 is 5.97 Å². The van der Waals surface area contributed by atoms with Crippen LogP contribution in [0.1, 0.15) is 16.8 Å². The van der Waals surface area contributed by atoms with E-state index in [4.69, 9.17) is 5.11 Å². The third-order valence-corrected chi connectivity index (χ3v) is 2.90. The molecule has 1 unspecified atom stereocenters. The standard InChI is InChI=1S/C12H13FN2O3/c13-10-2-1-8(5-9(10)12(17)18)15-11(16)7-3-4-14-6-7/h1-2,5,7,14H,3-4,6H2,(H,15,16)(H,17,18). The van der Waals surface area contributed by atoms with E-state index in [1.165, 1.54) is 6.07 Å². The average Bonchev–Trinajstić information content (AvgIpc) is 2.85. The summed E-state index contributed by atoms with van der Waals surface area (Å²) < 4.78 is 13.2. The number of hydrogen-bond donors (Lipinski definition) is 3. The van der Waals surface area contributed by atoms with Crippen LogP contribution in [-0.4, -0.2) is 30.1 Å². The van der Waals surface area contributed by atoms with E-state index in [9.17, 15) is 14.0 Å². The van der Waals surface area contributed by atoms with Crippen molar-refractivity contribution in [1.29, 1.82) is 0 Å². The van der Waals surface area contributed by atoms with Crippen LogP contribution in [0.4, 0.5) is 10.1 Å². The van der Waals surface area contributed by atoms with Crippen LogP contribution < -0.4 is 10.6 Å². The summed E-state index contributed by atoms with van der Waals surface area (Å²) >= 11 is 0. The quantitative estimate of drug-likeness (QED) is 0.752. The zero-order valence-electron chi connectivity index (χ0n) is 9.57. The highest BCUT2D eigenvalue weighted by molar-refractivity contribution is 5.95. The lowest BCUT2D eigenvalue weighted by Gasteiger charge is -2.10. The van der Waals surface area contributed by atoms with E-state index in [1.807, 2.05) is 0 Å². The molecule has 0 aliphatic carbocycles. The Labute approximate surface area is 103 Å². The van der Waals surface area contributed by atoms with E-state index >= 15 is 0 Å². The monoisotopic (exact) mass is 252 g/mol. The highest BCUT2D eigenvalue weighted by Gasteiger charge is 2.22. The fraction of sp³-hybridized carbons (Fsp3) is 0.333. The first-order chi connectivity index (χ1) is 8.58. The number of carboxylic acid groups (broad SMARTS) is 1. The molecule has 0 radical (unpaired) electrons. The number of anilines is 1. The molecule has 5 nitrogen and oxygen atoms in total. The molecule has 1 aliphatic heterocycles. The van der Waals surface area contributed by atoms with Gasteiger partial charge < -0.3 is 15.7 Å². The molecule has 1 aromatic carbocycles. The minimum atomic E-state index is -1.36. The Morgan fingerprint density at radius 1 is 1.44 bits per heavy atom. The molecular formula is C12H13FN2O3. The summed E-state index contributed by atoms with van der Waals surface area (Å²) in [4.78, 5) is 22.5. The number of hydrogen-bond acceptors (Lipinski definition) is 3. The van der Waals surface area contributed by atoms with Crippen molar-refractivity contribution in [3.8, 4) is 0 Å². The minimum Gasteiger partial charge on any atom is -0.478 e. The lowest BCUT2D eigenvalue weighted by atomic mass is 10.1. The summed E-state index contributed by atoms with van der Waals surface area (Å²) in [5, 5.41) is 14.4. The molecule has 1 aliphatic rings. The van der Waals surface area contributed by atoms with E-state index in [2.05, 4.69) is 10.6 Å². The maximum absolute atomic E-state index is 13.2. The van der Waals surface area contributed by atoms with Crippen LogP contribution in [0.25, 0.3) is 0 Å². The molecule has 0 spiro atoms. The van der Waals surface area contributed by atoms with Gasteiger partial charge in [0.25, 0.3) is 0 Å². The maximum atomic E-state index is 13.2. The van der Waals surface area contributed by atoms with Gasteiger partial charge in [-0.05, 0) is 31.2 Å². The molecule has 0 saturated carbocycles. The number of amides is 1. The molecule has 1 aromatic rings. The molecule has 3 N–H and O–H groups in total. The van der Waals surface area contributed by atoms with E-state index in [-0.39, 0.29) is 11.8 Å². The van der Waals surface area contributed by atoms with Gasteiger partial charge in [-0.15, -0.1) is 0 Å². The highest BCUT2D eigenvalue weighted by atomic mass is 19.1. The smallest absolute Gasteiger partial charge is 0.338 e. The molecular weight excluding hydrogens is 239 g/mol. The average molecular weight is 252 g/mol. The zero-order valence-corrected chi connectivity index (χ0v) is 9.57. The van der Waals surface area contributed by atoms with Crippen LogP contribution in [0.3, 0.4) is 0 Å². The number of carbonyl (C=O) groups is 2. The number of benzene rings is 1. The Morgan fingerprint density at radius 3 is 2.83 bits per heavy atom. The van der Waals surface area contributed by atoms with Gasteiger partial charge in [0, 0.05) is 12.2 Å². The fourth-order valence-electron chi connectivity index (χ4n) is 1.89. The van der Waals surface area contributed by atoms with Gasteiger partial charge in [-0.25, -0.2) is 9.18 Å². The van der Waals surface area contributed by atoms with Gasteiger partial charge in [-0.3, -0.25) is 4.79 Å². The number of carbonyl (C=O) groups excluding carboxylic acids is 1. The number of halogens is 1. The molecule has 2 rings (SSSR count). The van der Waals surface area contributed by atoms with E-state index in [0.29, 0.717) is 12.2 Å². The van der Waals surface area contributed by atoms with E-state index < -0.39 is 17.3 Å². The molecule has 6 heteroatoms. The van der Waals surface area contributed by atoms with Crippen molar-refractivity contribution in [3.63, 3.8) is 0 Å². The molecule has 1 fully saturated rings. The molecule has 1 amide bonds. The minimum absolute atomic E-state index is 0.122. The first-order valence-electron chi connectivity index (χ1n) is 5.62. The number of nitrogens with one attached hydrogen (secondary N) is 2. The summed E-state index contributed by atoms with van der Waals surface area (Å²) in [6, 6.07) is 3.51. The third kappa shape index (κ3) is 2.65. The normalized spacial score (nSPS) is 18.6. The van der Waals surface area contributed by atoms with Crippen molar-refractivity contribution >= 4 is 17.6 Å². The van der Waals surface area contributed by atoms with Crippen LogP contribution in [0.5, 0.6) is 0 Å². The third-order valence-electron chi connectivity index (χ3n) is 2.90. The number of aromatic carboxylic acids is 1. The summed E-state index contributed by atoms with van der Waals surface area (Å²) in [6.07, 6.45) is 0.749. The first-order valence-corrected chi connectivity index (χ1v) is 5.62. The number of carboxylic acids is 1. The lowest BCUT2D eigenvalue weighted by molar-refractivity contribution is -0.119. The van der Waals surface area contributed by atoms with Crippen LogP contribution in [0.15, 0.2) is 18.2 Å². The van der Waals surface area contributed by atoms with Crippen LogP contribution in [0.2, 0.25) is 0 Å². The Hall–Kier alpha value is -1.95. The second-order valence-electron chi connectivity index (χ2n) is 4.18. The Balaban J connectivity index is 2.11. The molecule has 1 atom stereocenters. The zero-order chi connectivity index (χ0) is 13.1. The van der Waals surface area contributed by atoms with Gasteiger partial charge in [0.2, 0.25) is 5.91 Å². The highest BCUT2D eigenvalue weighted by Crippen LogP contribution is 2.17.